The van der Waals surface area contributed by atoms with E-state index < -0.39 is 5.60 Å². The van der Waals surface area contributed by atoms with Crippen molar-refractivity contribution in [3.8, 4) is 11.5 Å². The second-order valence-electron chi connectivity index (χ2n) is 4.36. The molecule has 0 atom stereocenters. The Morgan fingerprint density at radius 1 is 1.38 bits per heavy atom. The van der Waals surface area contributed by atoms with Crippen LogP contribution in [0, 0.1) is 0 Å². The minimum Gasteiger partial charge on any atom is -0.453 e. The fourth-order valence-corrected chi connectivity index (χ4v) is 2.50. The molecule has 88 valence electrons. The van der Waals surface area contributed by atoms with E-state index in [-0.39, 0.29) is 6.79 Å². The third kappa shape index (κ3) is 1.80. The van der Waals surface area contributed by atoms with Gasteiger partial charge in [-0.1, -0.05) is 6.92 Å². The van der Waals surface area contributed by atoms with Gasteiger partial charge in [0.2, 0.25) is 6.79 Å². The van der Waals surface area contributed by atoms with Crippen molar-refractivity contribution in [2.45, 2.75) is 32.8 Å². The van der Waals surface area contributed by atoms with Crippen molar-refractivity contribution in [2.75, 3.05) is 6.79 Å². The van der Waals surface area contributed by atoms with Crippen LogP contribution in [0.25, 0.3) is 0 Å². The maximum Gasteiger partial charge on any atom is 0.231 e. The van der Waals surface area contributed by atoms with Crippen molar-refractivity contribution in [1.82, 2.24) is 0 Å². The highest BCUT2D eigenvalue weighted by molar-refractivity contribution is 9.10. The van der Waals surface area contributed by atoms with Crippen LogP contribution in [0.4, 0.5) is 0 Å². The number of benzene rings is 1. The van der Waals surface area contributed by atoms with E-state index in [0.717, 1.165) is 33.5 Å². The fourth-order valence-electron chi connectivity index (χ4n) is 1.98. The van der Waals surface area contributed by atoms with Crippen molar-refractivity contribution in [3.05, 3.63) is 21.7 Å². The summed E-state index contributed by atoms with van der Waals surface area (Å²) in [4.78, 5) is 0. The molecule has 1 N–H and O–H groups in total. The summed E-state index contributed by atoms with van der Waals surface area (Å²) in [6.45, 7) is 5.84. The number of aliphatic hydroxyl groups is 1. The zero-order valence-corrected chi connectivity index (χ0v) is 11.2. The summed E-state index contributed by atoms with van der Waals surface area (Å²) in [5.74, 6) is 1.50. The van der Waals surface area contributed by atoms with E-state index in [1.807, 2.05) is 13.0 Å². The van der Waals surface area contributed by atoms with E-state index in [9.17, 15) is 5.11 Å². The molecule has 0 spiro atoms. The Hall–Kier alpha value is -0.740. The van der Waals surface area contributed by atoms with Crippen LogP contribution in [-0.4, -0.2) is 11.9 Å². The molecule has 16 heavy (non-hydrogen) atoms. The van der Waals surface area contributed by atoms with Crippen molar-refractivity contribution in [3.63, 3.8) is 0 Å². The molecule has 1 heterocycles. The standard InChI is InChI=1S/C12H15BrO3/c1-4-7-8(12(2,3)14)5-9(13)11-10(7)15-6-16-11/h5,14H,4,6H2,1-3H3. The second-order valence-corrected chi connectivity index (χ2v) is 5.22. The van der Waals surface area contributed by atoms with Crippen LogP contribution >= 0.6 is 15.9 Å². The van der Waals surface area contributed by atoms with Gasteiger partial charge < -0.3 is 14.6 Å². The third-order valence-electron chi connectivity index (χ3n) is 2.71. The SMILES string of the molecule is CCc1c(C(C)(C)O)cc(Br)c2c1OCO2. The lowest BCUT2D eigenvalue weighted by Crippen LogP contribution is -2.18. The molecular weight excluding hydrogens is 272 g/mol. The lowest BCUT2D eigenvalue weighted by atomic mass is 9.91. The van der Waals surface area contributed by atoms with Crippen molar-refractivity contribution in [1.29, 1.82) is 0 Å². The zero-order valence-electron chi connectivity index (χ0n) is 9.63. The molecular formula is C12H15BrO3. The molecule has 0 saturated carbocycles. The molecule has 1 aromatic rings. The highest BCUT2D eigenvalue weighted by atomic mass is 79.9. The Labute approximate surface area is 104 Å². The minimum atomic E-state index is -0.880. The summed E-state index contributed by atoms with van der Waals surface area (Å²) in [5, 5.41) is 10.1. The Kier molecular flexibility index (Phi) is 2.88. The Balaban J connectivity index is 2.67. The molecule has 4 heteroatoms. The molecule has 0 unspecified atom stereocenters. The smallest absolute Gasteiger partial charge is 0.231 e. The number of ether oxygens (including phenoxy) is 2. The van der Waals surface area contributed by atoms with Gasteiger partial charge in [0.15, 0.2) is 11.5 Å². The van der Waals surface area contributed by atoms with Gasteiger partial charge in [0, 0.05) is 5.56 Å². The number of fused-ring (bicyclic) bond motifs is 1. The van der Waals surface area contributed by atoms with Gasteiger partial charge in [0.05, 0.1) is 10.1 Å². The van der Waals surface area contributed by atoms with Crippen LogP contribution in [-0.2, 0) is 12.0 Å². The third-order valence-corrected chi connectivity index (χ3v) is 3.30. The monoisotopic (exact) mass is 286 g/mol. The van der Waals surface area contributed by atoms with Crippen LogP contribution in [0.3, 0.4) is 0 Å². The summed E-state index contributed by atoms with van der Waals surface area (Å²) in [6, 6.07) is 1.91. The molecule has 1 aliphatic heterocycles. The molecule has 0 aromatic heterocycles. The van der Waals surface area contributed by atoms with E-state index in [1.54, 1.807) is 13.8 Å². The Morgan fingerprint density at radius 3 is 2.56 bits per heavy atom. The lowest BCUT2D eigenvalue weighted by Gasteiger charge is -2.22. The quantitative estimate of drug-likeness (QED) is 0.909. The van der Waals surface area contributed by atoms with E-state index in [2.05, 4.69) is 15.9 Å². The largest absolute Gasteiger partial charge is 0.453 e. The number of halogens is 1. The topological polar surface area (TPSA) is 38.7 Å². The predicted octanol–water partition coefficient (Wildman–Crippen LogP) is 2.97. The van der Waals surface area contributed by atoms with Gasteiger partial charge in [-0.3, -0.25) is 0 Å². The van der Waals surface area contributed by atoms with E-state index in [0.29, 0.717) is 0 Å². The van der Waals surface area contributed by atoms with Gasteiger partial charge in [-0.25, -0.2) is 0 Å². The molecule has 1 aromatic carbocycles. The van der Waals surface area contributed by atoms with Gasteiger partial charge in [0.1, 0.15) is 0 Å². The predicted molar refractivity (Wildman–Crippen MR) is 64.9 cm³/mol. The lowest BCUT2D eigenvalue weighted by molar-refractivity contribution is 0.0772. The molecule has 1 aliphatic rings. The summed E-state index contributed by atoms with van der Waals surface area (Å²) < 4.78 is 11.7. The average Bonchev–Trinajstić information content (AvgIpc) is 2.65. The van der Waals surface area contributed by atoms with Crippen LogP contribution in [0.2, 0.25) is 0 Å². The molecule has 0 amide bonds. The average molecular weight is 287 g/mol. The minimum absolute atomic E-state index is 0.246. The van der Waals surface area contributed by atoms with Crippen LogP contribution in [0.15, 0.2) is 10.5 Å². The van der Waals surface area contributed by atoms with E-state index in [1.165, 1.54) is 0 Å². The van der Waals surface area contributed by atoms with Crippen molar-refractivity contribution < 1.29 is 14.6 Å². The highest BCUT2D eigenvalue weighted by Crippen LogP contribution is 2.46. The first-order valence-electron chi connectivity index (χ1n) is 5.29. The zero-order chi connectivity index (χ0) is 11.9. The summed E-state index contributed by atoms with van der Waals surface area (Å²) in [6.07, 6.45) is 0.804. The molecule has 0 radical (unpaired) electrons. The van der Waals surface area contributed by atoms with Gasteiger partial charge in [-0.2, -0.15) is 0 Å². The molecule has 2 rings (SSSR count). The molecule has 0 bridgehead atoms. The van der Waals surface area contributed by atoms with Gasteiger partial charge in [-0.05, 0) is 47.8 Å². The van der Waals surface area contributed by atoms with Gasteiger partial charge >= 0.3 is 0 Å². The Morgan fingerprint density at radius 2 is 2.00 bits per heavy atom. The summed E-state index contributed by atoms with van der Waals surface area (Å²) in [7, 11) is 0. The van der Waals surface area contributed by atoms with Gasteiger partial charge in [-0.15, -0.1) is 0 Å². The first kappa shape index (κ1) is 11.7. The first-order valence-corrected chi connectivity index (χ1v) is 6.08. The van der Waals surface area contributed by atoms with Crippen LogP contribution in [0.5, 0.6) is 11.5 Å². The molecule has 0 fully saturated rings. The second kappa shape index (κ2) is 3.93. The first-order chi connectivity index (χ1) is 7.45. The summed E-state index contributed by atoms with van der Waals surface area (Å²) in [5.41, 5.74) is 1.02. The Bertz CT molecular complexity index is 421. The maximum atomic E-state index is 10.1. The van der Waals surface area contributed by atoms with E-state index >= 15 is 0 Å². The molecule has 0 saturated heterocycles. The van der Waals surface area contributed by atoms with Crippen LogP contribution in [0.1, 0.15) is 31.9 Å². The number of hydrogen-bond acceptors (Lipinski definition) is 3. The van der Waals surface area contributed by atoms with Gasteiger partial charge in [0.25, 0.3) is 0 Å². The van der Waals surface area contributed by atoms with Crippen molar-refractivity contribution >= 4 is 15.9 Å². The fraction of sp³-hybridized carbons (Fsp3) is 0.500. The van der Waals surface area contributed by atoms with Crippen molar-refractivity contribution in [2.24, 2.45) is 0 Å². The molecule has 0 aliphatic carbocycles. The van der Waals surface area contributed by atoms with E-state index in [4.69, 9.17) is 9.47 Å². The highest BCUT2D eigenvalue weighted by Gasteiger charge is 2.29. The number of rotatable bonds is 2. The molecule has 3 nitrogen and oxygen atoms in total. The number of hydrogen-bond donors (Lipinski definition) is 1. The normalized spacial score (nSPS) is 14.3. The maximum absolute atomic E-state index is 10.1. The summed E-state index contributed by atoms with van der Waals surface area (Å²) >= 11 is 3.44. The van der Waals surface area contributed by atoms with Crippen LogP contribution < -0.4 is 9.47 Å².